The molecule has 0 spiro atoms. The zero-order valence-corrected chi connectivity index (χ0v) is 16.5. The summed E-state index contributed by atoms with van der Waals surface area (Å²) in [7, 11) is 1.47. The van der Waals surface area contributed by atoms with E-state index in [0.717, 1.165) is 62.4 Å². The lowest BCUT2D eigenvalue weighted by molar-refractivity contribution is 0.0661. The molecule has 2 fully saturated rings. The van der Waals surface area contributed by atoms with Crippen molar-refractivity contribution in [3.05, 3.63) is 44.4 Å². The molecule has 0 saturated carbocycles. The molecule has 0 unspecified atom stereocenters. The maximum Gasteiger partial charge on any atom is 0.329 e. The first-order chi connectivity index (χ1) is 13.5. The summed E-state index contributed by atoms with van der Waals surface area (Å²) in [5, 5.41) is 8.30. The Morgan fingerprint density at radius 1 is 1.29 bits per heavy atom. The molecule has 28 heavy (non-hydrogen) atoms. The quantitative estimate of drug-likeness (QED) is 0.765. The van der Waals surface area contributed by atoms with Gasteiger partial charge in [-0.25, -0.2) is 4.79 Å². The van der Waals surface area contributed by atoms with E-state index in [-0.39, 0.29) is 11.2 Å². The van der Waals surface area contributed by atoms with Gasteiger partial charge in [0.25, 0.3) is 5.56 Å². The van der Waals surface area contributed by atoms with Crippen molar-refractivity contribution in [1.82, 2.24) is 24.6 Å². The summed E-state index contributed by atoms with van der Waals surface area (Å²) in [5.41, 5.74) is 1.61. The number of hydrogen-bond donors (Lipinski definition) is 2. The highest BCUT2D eigenvalue weighted by Gasteiger charge is 2.24. The third-order valence-electron chi connectivity index (χ3n) is 5.82. The Kier molecular flexibility index (Phi) is 5.36. The third-order valence-corrected chi connectivity index (χ3v) is 5.82. The SMILES string of the molecule is Cc1nn(C2CCOCC2)cc1CN[C@@H]1CCN(c2cc(=O)n(C)c(=O)[nH]2)C1. The Morgan fingerprint density at radius 3 is 2.82 bits per heavy atom. The number of nitrogens with one attached hydrogen (secondary N) is 2. The molecule has 2 aliphatic heterocycles. The second-order valence-corrected chi connectivity index (χ2v) is 7.73. The molecule has 2 N–H and O–H groups in total. The van der Waals surface area contributed by atoms with Crippen molar-refractivity contribution >= 4 is 5.82 Å². The van der Waals surface area contributed by atoms with Gasteiger partial charge in [0, 0.05) is 63.8 Å². The standard InChI is InChI=1S/C19H28N6O3/c1-13-14(11-25(22-13)16-4-7-28-8-5-16)10-20-15-3-6-24(12-15)17-9-18(26)23(2)19(27)21-17/h9,11,15-16,20H,3-8,10,12H2,1-2H3,(H,21,27)/t15-/m1/s1. The van der Waals surface area contributed by atoms with Crippen LogP contribution in [0.3, 0.4) is 0 Å². The average molecular weight is 388 g/mol. The van der Waals surface area contributed by atoms with E-state index < -0.39 is 0 Å². The van der Waals surface area contributed by atoms with Crippen LogP contribution in [-0.2, 0) is 18.3 Å². The van der Waals surface area contributed by atoms with Crippen molar-refractivity contribution < 1.29 is 4.74 Å². The zero-order chi connectivity index (χ0) is 19.7. The van der Waals surface area contributed by atoms with Crippen molar-refractivity contribution in [2.24, 2.45) is 7.05 Å². The van der Waals surface area contributed by atoms with Gasteiger partial charge in [-0.3, -0.25) is 19.0 Å². The Balaban J connectivity index is 1.36. The van der Waals surface area contributed by atoms with Crippen molar-refractivity contribution in [3.8, 4) is 0 Å². The van der Waals surface area contributed by atoms with Crippen molar-refractivity contribution in [3.63, 3.8) is 0 Å². The van der Waals surface area contributed by atoms with Crippen LogP contribution in [0, 0.1) is 6.92 Å². The van der Waals surface area contributed by atoms with Gasteiger partial charge in [0.2, 0.25) is 0 Å². The highest BCUT2D eigenvalue weighted by atomic mass is 16.5. The van der Waals surface area contributed by atoms with Gasteiger partial charge in [0.1, 0.15) is 5.82 Å². The molecular weight excluding hydrogens is 360 g/mol. The Labute approximate surface area is 163 Å². The molecule has 0 radical (unpaired) electrons. The topological polar surface area (TPSA) is 97.2 Å². The molecule has 2 aromatic rings. The number of hydrogen-bond acceptors (Lipinski definition) is 6. The second-order valence-electron chi connectivity index (χ2n) is 7.73. The molecule has 0 amide bonds. The molecule has 0 aliphatic carbocycles. The molecule has 9 nitrogen and oxygen atoms in total. The molecule has 0 aromatic carbocycles. The molecule has 4 rings (SSSR count). The minimum atomic E-state index is -0.380. The van der Waals surface area contributed by atoms with E-state index in [0.29, 0.717) is 17.9 Å². The number of aromatic nitrogens is 4. The first-order valence-electron chi connectivity index (χ1n) is 9.92. The first kappa shape index (κ1) is 18.9. The first-order valence-corrected chi connectivity index (χ1v) is 9.92. The number of anilines is 1. The van der Waals surface area contributed by atoms with Crippen LogP contribution < -0.4 is 21.5 Å². The van der Waals surface area contributed by atoms with Gasteiger partial charge in [-0.15, -0.1) is 0 Å². The number of aryl methyl sites for hydroxylation is 1. The molecule has 2 aromatic heterocycles. The fourth-order valence-electron chi connectivity index (χ4n) is 3.94. The number of rotatable bonds is 5. The number of ether oxygens (including phenoxy) is 1. The predicted molar refractivity (Wildman–Crippen MR) is 106 cm³/mol. The average Bonchev–Trinajstić information content (AvgIpc) is 3.31. The third kappa shape index (κ3) is 3.90. The number of nitrogens with zero attached hydrogens (tertiary/aromatic N) is 4. The van der Waals surface area contributed by atoms with Crippen LogP contribution in [0.1, 0.15) is 36.6 Å². The predicted octanol–water partition coefficient (Wildman–Crippen LogP) is 0.299. The van der Waals surface area contributed by atoms with Crippen LogP contribution in [0.15, 0.2) is 21.9 Å². The highest BCUT2D eigenvalue weighted by Crippen LogP contribution is 2.22. The van der Waals surface area contributed by atoms with Crippen LogP contribution in [0.25, 0.3) is 0 Å². The van der Waals surface area contributed by atoms with E-state index in [1.54, 1.807) is 0 Å². The van der Waals surface area contributed by atoms with E-state index in [1.165, 1.54) is 18.7 Å². The molecule has 0 bridgehead atoms. The molecule has 152 valence electrons. The van der Waals surface area contributed by atoms with Gasteiger partial charge in [-0.1, -0.05) is 0 Å². The van der Waals surface area contributed by atoms with Crippen LogP contribution >= 0.6 is 0 Å². The minimum Gasteiger partial charge on any atom is -0.381 e. The second kappa shape index (κ2) is 7.92. The molecular formula is C19H28N6O3. The van der Waals surface area contributed by atoms with E-state index in [9.17, 15) is 9.59 Å². The number of H-pyrrole nitrogens is 1. The van der Waals surface area contributed by atoms with E-state index in [4.69, 9.17) is 9.84 Å². The van der Waals surface area contributed by atoms with Gasteiger partial charge in [0.15, 0.2) is 0 Å². The van der Waals surface area contributed by atoms with Crippen molar-refractivity contribution in [2.75, 3.05) is 31.2 Å². The number of aromatic amines is 1. The van der Waals surface area contributed by atoms with E-state index in [2.05, 4.69) is 33.0 Å². The Bertz CT molecular complexity index is 909. The monoisotopic (exact) mass is 388 g/mol. The Morgan fingerprint density at radius 2 is 2.07 bits per heavy atom. The van der Waals surface area contributed by atoms with E-state index in [1.807, 2.05) is 0 Å². The minimum absolute atomic E-state index is 0.286. The highest BCUT2D eigenvalue weighted by molar-refractivity contribution is 5.38. The molecule has 1 atom stereocenters. The van der Waals surface area contributed by atoms with Crippen molar-refractivity contribution in [2.45, 2.75) is 44.8 Å². The van der Waals surface area contributed by atoms with Gasteiger partial charge in [-0.2, -0.15) is 5.10 Å². The van der Waals surface area contributed by atoms with Crippen LogP contribution in [0.5, 0.6) is 0 Å². The maximum absolute atomic E-state index is 11.9. The Hall–Kier alpha value is -2.39. The molecule has 2 saturated heterocycles. The summed E-state index contributed by atoms with van der Waals surface area (Å²) in [6.45, 7) is 6.00. The molecule has 4 heterocycles. The van der Waals surface area contributed by atoms with Crippen LogP contribution in [0.2, 0.25) is 0 Å². The van der Waals surface area contributed by atoms with Crippen molar-refractivity contribution in [1.29, 1.82) is 0 Å². The lowest BCUT2D eigenvalue weighted by Crippen LogP contribution is -2.36. The van der Waals surface area contributed by atoms with Gasteiger partial charge in [-0.05, 0) is 26.2 Å². The summed E-state index contributed by atoms with van der Waals surface area (Å²) in [6, 6.07) is 2.23. The van der Waals surface area contributed by atoms with Gasteiger partial charge in [0.05, 0.1) is 11.7 Å². The molecule has 2 aliphatic rings. The van der Waals surface area contributed by atoms with Crippen LogP contribution in [-0.4, -0.2) is 51.7 Å². The zero-order valence-electron chi connectivity index (χ0n) is 16.5. The fraction of sp³-hybridized carbons (Fsp3) is 0.632. The summed E-state index contributed by atoms with van der Waals surface area (Å²) in [5.74, 6) is 0.598. The van der Waals surface area contributed by atoms with Gasteiger partial charge < -0.3 is 15.0 Å². The van der Waals surface area contributed by atoms with Crippen LogP contribution in [0.4, 0.5) is 5.82 Å². The normalized spacial score (nSPS) is 20.8. The largest absolute Gasteiger partial charge is 0.381 e. The van der Waals surface area contributed by atoms with E-state index >= 15 is 0 Å². The summed E-state index contributed by atoms with van der Waals surface area (Å²) < 4.78 is 8.61. The lowest BCUT2D eigenvalue weighted by Gasteiger charge is -2.22. The van der Waals surface area contributed by atoms with Gasteiger partial charge >= 0.3 is 5.69 Å². The molecule has 9 heteroatoms. The maximum atomic E-state index is 11.9. The smallest absolute Gasteiger partial charge is 0.329 e. The summed E-state index contributed by atoms with van der Waals surface area (Å²) >= 11 is 0. The summed E-state index contributed by atoms with van der Waals surface area (Å²) in [4.78, 5) is 28.5. The summed E-state index contributed by atoms with van der Waals surface area (Å²) in [6.07, 6.45) is 5.15. The fourth-order valence-corrected chi connectivity index (χ4v) is 3.94. The lowest BCUT2D eigenvalue weighted by atomic mass is 10.1.